The highest BCUT2D eigenvalue weighted by Crippen LogP contribution is 2.31. The standard InChI is InChI=1S/C9H15N5.ClH/c10-8(11)7-9(12)14(5-13-7)6-3-1-2-4-6;/h5-6H,1-4,12H2,(H3,10,11);1H. The quantitative estimate of drug-likeness (QED) is 0.527. The molecule has 5 nitrogen and oxygen atoms in total. The van der Waals surface area contributed by atoms with Gasteiger partial charge in [0.1, 0.15) is 17.3 Å². The lowest BCUT2D eigenvalue weighted by Crippen LogP contribution is -2.15. The summed E-state index contributed by atoms with van der Waals surface area (Å²) in [6.07, 6.45) is 6.49. The molecule has 15 heavy (non-hydrogen) atoms. The number of aromatic nitrogens is 2. The Balaban J connectivity index is 0.00000112. The van der Waals surface area contributed by atoms with E-state index in [-0.39, 0.29) is 18.2 Å². The van der Waals surface area contributed by atoms with E-state index < -0.39 is 0 Å². The monoisotopic (exact) mass is 229 g/mol. The molecule has 0 saturated heterocycles. The molecule has 84 valence electrons. The second kappa shape index (κ2) is 4.53. The normalized spacial score (nSPS) is 16.3. The van der Waals surface area contributed by atoms with Gasteiger partial charge in [-0.25, -0.2) is 4.98 Å². The van der Waals surface area contributed by atoms with E-state index in [1.807, 2.05) is 4.57 Å². The second-order valence-corrected chi connectivity index (χ2v) is 3.74. The highest BCUT2D eigenvalue weighted by molar-refractivity contribution is 5.97. The van der Waals surface area contributed by atoms with Crippen molar-refractivity contribution in [3.63, 3.8) is 0 Å². The molecule has 0 aliphatic heterocycles. The van der Waals surface area contributed by atoms with Gasteiger partial charge in [-0.2, -0.15) is 0 Å². The van der Waals surface area contributed by atoms with E-state index in [1.165, 1.54) is 12.8 Å². The molecule has 0 bridgehead atoms. The van der Waals surface area contributed by atoms with Crippen LogP contribution in [0.15, 0.2) is 6.33 Å². The molecular formula is C9H16ClN5. The summed E-state index contributed by atoms with van der Waals surface area (Å²) in [5.74, 6) is 0.476. The average Bonchev–Trinajstić information content (AvgIpc) is 2.71. The summed E-state index contributed by atoms with van der Waals surface area (Å²) in [4.78, 5) is 4.05. The number of halogens is 1. The van der Waals surface area contributed by atoms with E-state index in [4.69, 9.17) is 16.9 Å². The number of nitrogens with two attached hydrogens (primary N) is 2. The Hall–Kier alpha value is -1.23. The molecular weight excluding hydrogens is 214 g/mol. The smallest absolute Gasteiger partial charge is 0.146 e. The number of imidazole rings is 1. The third-order valence-corrected chi connectivity index (χ3v) is 2.81. The van der Waals surface area contributed by atoms with Crippen molar-refractivity contribution in [2.45, 2.75) is 31.7 Å². The van der Waals surface area contributed by atoms with E-state index in [1.54, 1.807) is 6.33 Å². The molecule has 1 heterocycles. The van der Waals surface area contributed by atoms with Gasteiger partial charge in [0.05, 0.1) is 6.33 Å². The molecule has 2 rings (SSSR count). The molecule has 0 atom stereocenters. The summed E-state index contributed by atoms with van der Waals surface area (Å²) in [5.41, 5.74) is 11.6. The van der Waals surface area contributed by atoms with Gasteiger partial charge in [-0.3, -0.25) is 5.41 Å². The fourth-order valence-electron chi connectivity index (χ4n) is 2.05. The summed E-state index contributed by atoms with van der Waals surface area (Å²) < 4.78 is 1.95. The molecule has 1 saturated carbocycles. The van der Waals surface area contributed by atoms with Gasteiger partial charge in [0, 0.05) is 6.04 Å². The van der Waals surface area contributed by atoms with Crippen molar-refractivity contribution in [2.75, 3.05) is 5.73 Å². The van der Waals surface area contributed by atoms with Crippen molar-refractivity contribution in [3.8, 4) is 0 Å². The highest BCUT2D eigenvalue weighted by Gasteiger charge is 2.20. The van der Waals surface area contributed by atoms with Gasteiger partial charge in [-0.15, -0.1) is 12.4 Å². The second-order valence-electron chi connectivity index (χ2n) is 3.74. The lowest BCUT2D eigenvalue weighted by atomic mass is 10.2. The highest BCUT2D eigenvalue weighted by atomic mass is 35.5. The van der Waals surface area contributed by atoms with Crippen LogP contribution in [-0.2, 0) is 0 Å². The van der Waals surface area contributed by atoms with Crippen LogP contribution in [0.3, 0.4) is 0 Å². The Kier molecular flexibility index (Phi) is 3.57. The summed E-state index contributed by atoms with van der Waals surface area (Å²) in [6.45, 7) is 0. The molecule has 1 aliphatic carbocycles. The average molecular weight is 230 g/mol. The van der Waals surface area contributed by atoms with Crippen molar-refractivity contribution in [2.24, 2.45) is 5.73 Å². The van der Waals surface area contributed by atoms with Crippen LogP contribution in [0.5, 0.6) is 0 Å². The van der Waals surface area contributed by atoms with Crippen molar-refractivity contribution in [1.29, 1.82) is 5.41 Å². The van der Waals surface area contributed by atoms with Gasteiger partial charge in [0.25, 0.3) is 0 Å². The Labute approximate surface area is 94.8 Å². The zero-order chi connectivity index (χ0) is 10.1. The molecule has 0 amide bonds. The Bertz CT molecular complexity index is 353. The fraction of sp³-hybridized carbons (Fsp3) is 0.556. The van der Waals surface area contributed by atoms with Crippen molar-refractivity contribution in [1.82, 2.24) is 9.55 Å². The number of anilines is 1. The summed E-state index contributed by atoms with van der Waals surface area (Å²) in [6, 6.07) is 0.454. The Morgan fingerprint density at radius 1 is 1.47 bits per heavy atom. The number of nitrogen functional groups attached to an aromatic ring is 2. The molecule has 0 unspecified atom stereocenters. The predicted octanol–water partition coefficient (Wildman–Crippen LogP) is 1.29. The molecule has 1 aliphatic rings. The predicted molar refractivity (Wildman–Crippen MR) is 62.4 cm³/mol. The number of hydrogen-bond donors (Lipinski definition) is 3. The van der Waals surface area contributed by atoms with Crippen LogP contribution >= 0.6 is 12.4 Å². The van der Waals surface area contributed by atoms with Crippen molar-refractivity contribution >= 4 is 24.1 Å². The maximum Gasteiger partial charge on any atom is 0.146 e. The van der Waals surface area contributed by atoms with E-state index >= 15 is 0 Å². The molecule has 6 heteroatoms. The number of amidine groups is 1. The SMILES string of the molecule is Cl.N=C(N)c1ncn(C2CCCC2)c1N. The minimum Gasteiger partial charge on any atom is -0.383 e. The first-order chi connectivity index (χ1) is 6.70. The van der Waals surface area contributed by atoms with Crippen LogP contribution in [0.4, 0.5) is 5.82 Å². The van der Waals surface area contributed by atoms with Crippen molar-refractivity contribution < 1.29 is 0 Å². The van der Waals surface area contributed by atoms with Gasteiger partial charge in [-0.05, 0) is 12.8 Å². The van der Waals surface area contributed by atoms with Gasteiger partial charge in [-0.1, -0.05) is 12.8 Å². The molecule has 0 spiro atoms. The largest absolute Gasteiger partial charge is 0.383 e. The molecule has 5 N–H and O–H groups in total. The molecule has 1 fully saturated rings. The topological polar surface area (TPSA) is 93.7 Å². The number of rotatable bonds is 2. The molecule has 1 aromatic rings. The van der Waals surface area contributed by atoms with E-state index in [2.05, 4.69) is 4.98 Å². The first-order valence-electron chi connectivity index (χ1n) is 4.87. The molecule has 0 aromatic carbocycles. The van der Waals surface area contributed by atoms with Crippen molar-refractivity contribution in [3.05, 3.63) is 12.0 Å². The van der Waals surface area contributed by atoms with Gasteiger partial charge in [0.15, 0.2) is 0 Å². The Morgan fingerprint density at radius 2 is 2.07 bits per heavy atom. The number of nitrogens with zero attached hydrogens (tertiary/aromatic N) is 2. The summed E-state index contributed by atoms with van der Waals surface area (Å²) >= 11 is 0. The maximum absolute atomic E-state index is 7.28. The molecule has 1 aromatic heterocycles. The zero-order valence-electron chi connectivity index (χ0n) is 8.44. The minimum atomic E-state index is -0.0563. The van der Waals surface area contributed by atoms with Crippen LogP contribution < -0.4 is 11.5 Å². The third kappa shape index (κ3) is 2.07. The van der Waals surface area contributed by atoms with Gasteiger partial charge >= 0.3 is 0 Å². The molecule has 0 radical (unpaired) electrons. The number of nitrogens with one attached hydrogen (secondary N) is 1. The van der Waals surface area contributed by atoms with Crippen LogP contribution in [0, 0.1) is 5.41 Å². The summed E-state index contributed by atoms with van der Waals surface area (Å²) in [7, 11) is 0. The lowest BCUT2D eigenvalue weighted by Gasteiger charge is -2.12. The zero-order valence-corrected chi connectivity index (χ0v) is 9.26. The Morgan fingerprint density at radius 3 is 2.53 bits per heavy atom. The maximum atomic E-state index is 7.28. The van der Waals surface area contributed by atoms with E-state index in [9.17, 15) is 0 Å². The van der Waals surface area contributed by atoms with E-state index in [0.29, 0.717) is 17.6 Å². The van der Waals surface area contributed by atoms with Gasteiger partial charge in [0.2, 0.25) is 0 Å². The minimum absolute atomic E-state index is 0. The number of hydrogen-bond acceptors (Lipinski definition) is 3. The lowest BCUT2D eigenvalue weighted by molar-refractivity contribution is 0.524. The first kappa shape index (κ1) is 11.8. The third-order valence-electron chi connectivity index (χ3n) is 2.81. The van der Waals surface area contributed by atoms with Crippen LogP contribution in [0.2, 0.25) is 0 Å². The fourth-order valence-corrected chi connectivity index (χ4v) is 2.05. The van der Waals surface area contributed by atoms with Crippen LogP contribution in [-0.4, -0.2) is 15.4 Å². The summed E-state index contributed by atoms with van der Waals surface area (Å²) in [5, 5.41) is 7.28. The van der Waals surface area contributed by atoms with E-state index in [0.717, 1.165) is 12.8 Å². The van der Waals surface area contributed by atoms with Crippen LogP contribution in [0.1, 0.15) is 37.4 Å². The van der Waals surface area contributed by atoms with Gasteiger partial charge < -0.3 is 16.0 Å². The van der Waals surface area contributed by atoms with Crippen LogP contribution in [0.25, 0.3) is 0 Å². The first-order valence-corrected chi connectivity index (χ1v) is 4.87.